The first kappa shape index (κ1) is 14.8. The van der Waals surface area contributed by atoms with Crippen molar-refractivity contribution in [3.05, 3.63) is 46.1 Å². The van der Waals surface area contributed by atoms with Crippen molar-refractivity contribution in [3.8, 4) is 11.1 Å². The van der Waals surface area contributed by atoms with Gasteiger partial charge < -0.3 is 10.1 Å². The summed E-state index contributed by atoms with van der Waals surface area (Å²) in [4.78, 5) is 30.9. The molecule has 0 aliphatic carbocycles. The van der Waals surface area contributed by atoms with Crippen LogP contribution in [0.1, 0.15) is 6.92 Å². The molecule has 0 spiro atoms. The summed E-state index contributed by atoms with van der Waals surface area (Å²) in [7, 11) is 0. The number of aromatic nitrogens is 2. The van der Waals surface area contributed by atoms with Crippen molar-refractivity contribution < 1.29 is 9.90 Å². The molecule has 1 atom stereocenters. The SMILES string of the molecule is C[C@H](Sc1nc2scc(-c3ccccc3)c2c(=O)[nH]1)C(=O)O. The van der Waals surface area contributed by atoms with Crippen LogP contribution < -0.4 is 5.56 Å². The standard InChI is InChI=1S/C15H12N2O3S2/c1-8(14(19)20)22-15-16-12(18)11-10(7-21-13(11)17-15)9-5-3-2-4-6-9/h2-8H,1H3,(H,19,20)(H,16,17,18)/t8-/m0/s1. The molecule has 0 saturated carbocycles. The summed E-state index contributed by atoms with van der Waals surface area (Å²) in [5, 5.41) is 11.0. The van der Waals surface area contributed by atoms with Crippen molar-refractivity contribution in [2.24, 2.45) is 0 Å². The molecule has 0 unspecified atom stereocenters. The van der Waals surface area contributed by atoms with Gasteiger partial charge in [0.1, 0.15) is 10.1 Å². The summed E-state index contributed by atoms with van der Waals surface area (Å²) >= 11 is 2.41. The summed E-state index contributed by atoms with van der Waals surface area (Å²) in [5.41, 5.74) is 1.56. The molecule has 0 amide bonds. The number of nitrogens with zero attached hydrogens (tertiary/aromatic N) is 1. The van der Waals surface area contributed by atoms with E-state index in [1.54, 1.807) is 6.92 Å². The minimum absolute atomic E-state index is 0.245. The maximum absolute atomic E-state index is 12.4. The molecule has 0 aliphatic rings. The molecule has 0 bridgehead atoms. The van der Waals surface area contributed by atoms with Gasteiger partial charge in [-0.3, -0.25) is 9.59 Å². The Balaban J connectivity index is 2.07. The summed E-state index contributed by atoms with van der Waals surface area (Å²) in [6.07, 6.45) is 0. The topological polar surface area (TPSA) is 83.0 Å². The van der Waals surface area contributed by atoms with Gasteiger partial charge in [0, 0.05) is 10.9 Å². The molecule has 3 rings (SSSR count). The maximum Gasteiger partial charge on any atom is 0.316 e. The number of nitrogens with one attached hydrogen (secondary N) is 1. The zero-order valence-corrected chi connectivity index (χ0v) is 13.2. The molecule has 0 radical (unpaired) electrons. The van der Waals surface area contributed by atoms with Crippen molar-refractivity contribution in [1.82, 2.24) is 9.97 Å². The number of aromatic amines is 1. The number of fused-ring (bicyclic) bond motifs is 1. The molecule has 2 N–H and O–H groups in total. The van der Waals surface area contributed by atoms with Crippen molar-refractivity contribution in [2.75, 3.05) is 0 Å². The van der Waals surface area contributed by atoms with Gasteiger partial charge in [-0.1, -0.05) is 42.1 Å². The Morgan fingerprint density at radius 3 is 2.77 bits per heavy atom. The van der Waals surface area contributed by atoms with Gasteiger partial charge in [0.05, 0.1) is 5.39 Å². The zero-order chi connectivity index (χ0) is 15.7. The number of thiophene rings is 1. The number of thioether (sulfide) groups is 1. The molecule has 0 fully saturated rings. The first-order valence-corrected chi connectivity index (χ1v) is 8.28. The Morgan fingerprint density at radius 2 is 2.09 bits per heavy atom. The van der Waals surface area contributed by atoms with Gasteiger partial charge >= 0.3 is 5.97 Å². The van der Waals surface area contributed by atoms with Crippen LogP contribution in [0, 0.1) is 0 Å². The lowest BCUT2D eigenvalue weighted by atomic mass is 10.1. The van der Waals surface area contributed by atoms with Crippen LogP contribution in [0.2, 0.25) is 0 Å². The number of rotatable bonds is 4. The third-order valence-electron chi connectivity index (χ3n) is 3.14. The number of benzene rings is 1. The normalized spacial score (nSPS) is 12.4. The predicted octanol–water partition coefficient (Wildman–Crippen LogP) is 3.22. The number of hydrogen-bond donors (Lipinski definition) is 2. The van der Waals surface area contributed by atoms with E-state index in [-0.39, 0.29) is 5.56 Å². The molecule has 0 saturated heterocycles. The van der Waals surface area contributed by atoms with Crippen LogP contribution in [0.4, 0.5) is 0 Å². The molecule has 7 heteroatoms. The highest BCUT2D eigenvalue weighted by Crippen LogP contribution is 2.31. The quantitative estimate of drug-likeness (QED) is 0.566. The van der Waals surface area contributed by atoms with Crippen molar-refractivity contribution >= 4 is 39.3 Å². The molecular formula is C15H12N2O3S2. The minimum atomic E-state index is -0.941. The highest BCUT2D eigenvalue weighted by Gasteiger charge is 2.17. The van der Waals surface area contributed by atoms with Crippen molar-refractivity contribution in [1.29, 1.82) is 0 Å². The van der Waals surface area contributed by atoms with Crippen LogP contribution in [0.15, 0.2) is 45.7 Å². The Bertz CT molecular complexity index is 887. The Hall–Kier alpha value is -2.12. The number of carboxylic acids is 1. The summed E-state index contributed by atoms with van der Waals surface area (Å²) in [6.45, 7) is 1.56. The molecule has 0 aliphatic heterocycles. The van der Waals surface area contributed by atoms with Gasteiger partial charge in [-0.25, -0.2) is 4.98 Å². The molecule has 2 heterocycles. The van der Waals surface area contributed by atoms with Gasteiger partial charge in [-0.2, -0.15) is 0 Å². The lowest BCUT2D eigenvalue weighted by Crippen LogP contribution is -2.14. The first-order valence-electron chi connectivity index (χ1n) is 6.52. The van der Waals surface area contributed by atoms with Gasteiger partial charge in [-0.15, -0.1) is 11.3 Å². The minimum Gasteiger partial charge on any atom is -0.480 e. The van der Waals surface area contributed by atoms with Crippen molar-refractivity contribution in [2.45, 2.75) is 17.3 Å². The average molecular weight is 332 g/mol. The van der Waals surface area contributed by atoms with Crippen LogP contribution in [-0.2, 0) is 4.79 Å². The predicted molar refractivity (Wildman–Crippen MR) is 88.6 cm³/mol. The lowest BCUT2D eigenvalue weighted by Gasteiger charge is -2.05. The number of hydrogen-bond acceptors (Lipinski definition) is 5. The fourth-order valence-corrected chi connectivity index (χ4v) is 3.77. The van der Waals surface area contributed by atoms with E-state index in [2.05, 4.69) is 9.97 Å². The van der Waals surface area contributed by atoms with E-state index in [1.807, 2.05) is 35.7 Å². The molecule has 22 heavy (non-hydrogen) atoms. The smallest absolute Gasteiger partial charge is 0.316 e. The number of aliphatic carboxylic acids is 1. The second-order valence-electron chi connectivity index (χ2n) is 4.66. The van der Waals surface area contributed by atoms with Crippen LogP contribution in [0.25, 0.3) is 21.3 Å². The molecule has 2 aromatic heterocycles. The van der Waals surface area contributed by atoms with Crippen molar-refractivity contribution in [3.63, 3.8) is 0 Å². The monoisotopic (exact) mass is 332 g/mol. The van der Waals surface area contributed by atoms with E-state index >= 15 is 0 Å². The largest absolute Gasteiger partial charge is 0.480 e. The molecule has 1 aromatic carbocycles. The Labute approximate surface area is 134 Å². The Morgan fingerprint density at radius 1 is 1.36 bits per heavy atom. The summed E-state index contributed by atoms with van der Waals surface area (Å²) in [6, 6.07) is 9.63. The fourth-order valence-electron chi connectivity index (χ4n) is 2.03. The molecular weight excluding hydrogens is 320 g/mol. The fraction of sp³-hybridized carbons (Fsp3) is 0.133. The van der Waals surface area contributed by atoms with E-state index in [4.69, 9.17) is 5.11 Å². The highest BCUT2D eigenvalue weighted by atomic mass is 32.2. The van der Waals surface area contributed by atoms with Gasteiger partial charge in [0.25, 0.3) is 5.56 Å². The zero-order valence-electron chi connectivity index (χ0n) is 11.6. The lowest BCUT2D eigenvalue weighted by molar-refractivity contribution is -0.136. The highest BCUT2D eigenvalue weighted by molar-refractivity contribution is 8.00. The van der Waals surface area contributed by atoms with E-state index in [1.165, 1.54) is 11.3 Å². The van der Waals surface area contributed by atoms with Crippen LogP contribution in [-0.4, -0.2) is 26.3 Å². The summed E-state index contributed by atoms with van der Waals surface area (Å²) in [5.74, 6) is -0.941. The molecule has 112 valence electrons. The van der Waals surface area contributed by atoms with E-state index in [9.17, 15) is 9.59 Å². The maximum atomic E-state index is 12.4. The molecule has 5 nitrogen and oxygen atoms in total. The van der Waals surface area contributed by atoms with E-state index < -0.39 is 11.2 Å². The average Bonchev–Trinajstić information content (AvgIpc) is 2.92. The number of carboxylic acid groups (broad SMARTS) is 1. The number of H-pyrrole nitrogens is 1. The Kier molecular flexibility index (Phi) is 4.00. The van der Waals surface area contributed by atoms with Gasteiger partial charge in [-0.05, 0) is 12.5 Å². The van der Waals surface area contributed by atoms with Crippen LogP contribution in [0.3, 0.4) is 0 Å². The number of carbonyl (C=O) groups is 1. The third-order valence-corrected chi connectivity index (χ3v) is 4.99. The van der Waals surface area contributed by atoms with E-state index in [0.29, 0.717) is 15.4 Å². The second-order valence-corrected chi connectivity index (χ2v) is 6.85. The van der Waals surface area contributed by atoms with E-state index in [0.717, 1.165) is 22.9 Å². The van der Waals surface area contributed by atoms with Crippen LogP contribution in [0.5, 0.6) is 0 Å². The summed E-state index contributed by atoms with van der Waals surface area (Å²) < 4.78 is 0. The second kappa shape index (κ2) is 5.94. The third kappa shape index (κ3) is 2.77. The van der Waals surface area contributed by atoms with Crippen LogP contribution >= 0.6 is 23.1 Å². The molecule has 3 aromatic rings. The first-order chi connectivity index (χ1) is 10.6. The van der Waals surface area contributed by atoms with Gasteiger partial charge in [0.2, 0.25) is 0 Å². The van der Waals surface area contributed by atoms with Gasteiger partial charge in [0.15, 0.2) is 5.16 Å².